The summed E-state index contributed by atoms with van der Waals surface area (Å²) in [5.74, 6) is -0.107. The van der Waals surface area contributed by atoms with Gasteiger partial charge in [-0.05, 0) is 31.2 Å². The zero-order valence-corrected chi connectivity index (χ0v) is 12.5. The van der Waals surface area contributed by atoms with E-state index in [9.17, 15) is 9.59 Å². The van der Waals surface area contributed by atoms with Gasteiger partial charge in [-0.3, -0.25) is 4.79 Å². The van der Waals surface area contributed by atoms with Gasteiger partial charge >= 0.3 is 6.03 Å². The first-order chi connectivity index (χ1) is 10.1. The molecular weight excluding hydrogens is 294 g/mol. The van der Waals surface area contributed by atoms with E-state index in [-0.39, 0.29) is 5.91 Å². The molecule has 6 nitrogen and oxygen atoms in total. The van der Waals surface area contributed by atoms with Crippen LogP contribution in [0.25, 0.3) is 0 Å². The Bertz CT molecular complexity index is 501. The molecule has 21 heavy (non-hydrogen) atoms. The van der Waals surface area contributed by atoms with Crippen molar-refractivity contribution in [1.82, 2.24) is 10.2 Å². The second kappa shape index (κ2) is 7.28. The van der Waals surface area contributed by atoms with E-state index in [1.54, 1.807) is 36.1 Å². The number of anilines is 1. The third-order valence-corrected chi connectivity index (χ3v) is 3.39. The Labute approximate surface area is 128 Å². The van der Waals surface area contributed by atoms with Crippen LogP contribution in [0.5, 0.6) is 0 Å². The lowest BCUT2D eigenvalue weighted by Gasteiger charge is -2.29. The van der Waals surface area contributed by atoms with Crippen LogP contribution < -0.4 is 10.6 Å². The fraction of sp³-hybridized carbons (Fsp3) is 0.429. The maximum absolute atomic E-state index is 12.1. The molecule has 0 radical (unpaired) electrons. The maximum Gasteiger partial charge on any atom is 0.319 e. The van der Waals surface area contributed by atoms with Gasteiger partial charge in [0.2, 0.25) is 5.91 Å². The van der Waals surface area contributed by atoms with Gasteiger partial charge in [0.05, 0.1) is 13.2 Å². The summed E-state index contributed by atoms with van der Waals surface area (Å²) in [6.07, 6.45) is 0. The van der Waals surface area contributed by atoms with E-state index in [2.05, 4.69) is 10.6 Å². The fourth-order valence-corrected chi connectivity index (χ4v) is 2.14. The first kappa shape index (κ1) is 15.6. The number of nitrogens with one attached hydrogen (secondary N) is 2. The second-order valence-electron chi connectivity index (χ2n) is 4.76. The second-order valence-corrected chi connectivity index (χ2v) is 5.20. The third kappa shape index (κ3) is 4.61. The predicted molar refractivity (Wildman–Crippen MR) is 80.5 cm³/mol. The van der Waals surface area contributed by atoms with E-state index < -0.39 is 12.1 Å². The number of benzene rings is 1. The smallest absolute Gasteiger partial charge is 0.319 e. The quantitative estimate of drug-likeness (QED) is 0.892. The first-order valence-corrected chi connectivity index (χ1v) is 7.13. The van der Waals surface area contributed by atoms with Crippen LogP contribution in [-0.4, -0.2) is 49.2 Å². The van der Waals surface area contributed by atoms with Crippen molar-refractivity contribution in [3.05, 3.63) is 29.3 Å². The first-order valence-electron chi connectivity index (χ1n) is 6.76. The third-order valence-electron chi connectivity index (χ3n) is 3.14. The Morgan fingerprint density at radius 1 is 1.24 bits per heavy atom. The Balaban J connectivity index is 1.83. The SMILES string of the molecule is C[C@@H](NC(=O)Nc1ccc(Cl)cc1)C(=O)N1CCOCC1. The summed E-state index contributed by atoms with van der Waals surface area (Å²) in [5.41, 5.74) is 0.614. The predicted octanol–water partition coefficient (Wildman–Crippen LogP) is 1.71. The number of carbonyl (C=O) groups excluding carboxylic acids is 2. The van der Waals surface area contributed by atoms with Crippen LogP contribution in [0.2, 0.25) is 5.02 Å². The molecule has 1 aliphatic rings. The molecule has 7 heteroatoms. The lowest BCUT2D eigenvalue weighted by atomic mass is 10.2. The molecule has 0 aliphatic carbocycles. The van der Waals surface area contributed by atoms with Crippen LogP contribution >= 0.6 is 11.6 Å². The van der Waals surface area contributed by atoms with E-state index in [0.717, 1.165) is 0 Å². The summed E-state index contributed by atoms with van der Waals surface area (Å²) < 4.78 is 5.19. The van der Waals surface area contributed by atoms with Gasteiger partial charge < -0.3 is 20.3 Å². The monoisotopic (exact) mass is 311 g/mol. The molecule has 114 valence electrons. The molecule has 1 saturated heterocycles. The van der Waals surface area contributed by atoms with Crippen molar-refractivity contribution in [1.29, 1.82) is 0 Å². The molecule has 1 heterocycles. The molecule has 0 unspecified atom stereocenters. The van der Waals surface area contributed by atoms with Gasteiger partial charge in [0.1, 0.15) is 6.04 Å². The van der Waals surface area contributed by atoms with Crippen molar-refractivity contribution >= 4 is 29.2 Å². The number of morpholine rings is 1. The van der Waals surface area contributed by atoms with Crippen LogP contribution in [0.1, 0.15) is 6.92 Å². The molecule has 1 aromatic rings. The highest BCUT2D eigenvalue weighted by molar-refractivity contribution is 6.30. The zero-order chi connectivity index (χ0) is 15.2. The van der Waals surface area contributed by atoms with E-state index in [1.807, 2.05) is 0 Å². The van der Waals surface area contributed by atoms with Crippen molar-refractivity contribution in [2.75, 3.05) is 31.6 Å². The van der Waals surface area contributed by atoms with Crippen molar-refractivity contribution < 1.29 is 14.3 Å². The number of nitrogens with zero attached hydrogens (tertiary/aromatic N) is 1. The molecular formula is C14H18ClN3O3. The molecule has 3 amide bonds. The molecule has 0 aromatic heterocycles. The highest BCUT2D eigenvalue weighted by Crippen LogP contribution is 2.13. The summed E-state index contributed by atoms with van der Waals surface area (Å²) in [4.78, 5) is 25.7. The van der Waals surface area contributed by atoms with E-state index in [1.165, 1.54) is 0 Å². The molecule has 0 bridgehead atoms. The van der Waals surface area contributed by atoms with Gasteiger partial charge in [-0.25, -0.2) is 4.79 Å². The van der Waals surface area contributed by atoms with Gasteiger partial charge in [-0.1, -0.05) is 11.6 Å². The van der Waals surface area contributed by atoms with Crippen LogP contribution in [-0.2, 0) is 9.53 Å². The van der Waals surface area contributed by atoms with Gasteiger partial charge in [0, 0.05) is 23.8 Å². The lowest BCUT2D eigenvalue weighted by molar-refractivity contribution is -0.136. The highest BCUT2D eigenvalue weighted by Gasteiger charge is 2.23. The van der Waals surface area contributed by atoms with Crippen molar-refractivity contribution in [3.63, 3.8) is 0 Å². The minimum atomic E-state index is -0.588. The van der Waals surface area contributed by atoms with Crippen molar-refractivity contribution in [2.24, 2.45) is 0 Å². The van der Waals surface area contributed by atoms with Crippen LogP contribution in [0.15, 0.2) is 24.3 Å². The Morgan fingerprint density at radius 2 is 1.86 bits per heavy atom. The van der Waals surface area contributed by atoms with Gasteiger partial charge in [-0.2, -0.15) is 0 Å². The summed E-state index contributed by atoms with van der Waals surface area (Å²) in [7, 11) is 0. The number of urea groups is 1. The van der Waals surface area contributed by atoms with Crippen LogP contribution in [0.4, 0.5) is 10.5 Å². The standard InChI is InChI=1S/C14H18ClN3O3/c1-10(13(19)18-6-8-21-9-7-18)16-14(20)17-12-4-2-11(15)3-5-12/h2-5,10H,6-9H2,1H3,(H2,16,17,20)/t10-/m1/s1. The van der Waals surface area contributed by atoms with Gasteiger partial charge in [-0.15, -0.1) is 0 Å². The summed E-state index contributed by atoms with van der Waals surface area (Å²) in [6.45, 7) is 3.86. The Kier molecular flexibility index (Phi) is 5.41. The largest absolute Gasteiger partial charge is 0.378 e. The number of hydrogen-bond donors (Lipinski definition) is 2. The Morgan fingerprint density at radius 3 is 2.48 bits per heavy atom. The number of halogens is 1. The fourth-order valence-electron chi connectivity index (χ4n) is 2.02. The summed E-state index contributed by atoms with van der Waals surface area (Å²) in [6, 6.07) is 5.73. The number of hydrogen-bond acceptors (Lipinski definition) is 3. The average Bonchev–Trinajstić information content (AvgIpc) is 2.49. The van der Waals surface area contributed by atoms with E-state index in [4.69, 9.17) is 16.3 Å². The zero-order valence-electron chi connectivity index (χ0n) is 11.8. The lowest BCUT2D eigenvalue weighted by Crippen LogP contribution is -2.51. The summed E-state index contributed by atoms with van der Waals surface area (Å²) in [5, 5.41) is 5.87. The molecule has 1 atom stereocenters. The number of amides is 3. The number of ether oxygens (including phenoxy) is 1. The molecule has 1 fully saturated rings. The van der Waals surface area contributed by atoms with E-state index >= 15 is 0 Å². The minimum Gasteiger partial charge on any atom is -0.378 e. The van der Waals surface area contributed by atoms with E-state index in [0.29, 0.717) is 37.0 Å². The molecule has 0 spiro atoms. The Hall–Kier alpha value is -1.79. The molecule has 2 N–H and O–H groups in total. The summed E-state index contributed by atoms with van der Waals surface area (Å²) >= 11 is 5.77. The highest BCUT2D eigenvalue weighted by atomic mass is 35.5. The number of carbonyl (C=O) groups is 2. The minimum absolute atomic E-state index is 0.107. The molecule has 2 rings (SSSR count). The molecule has 0 saturated carbocycles. The molecule has 1 aromatic carbocycles. The maximum atomic E-state index is 12.1. The van der Waals surface area contributed by atoms with Gasteiger partial charge in [0.15, 0.2) is 0 Å². The normalized spacial score (nSPS) is 16.2. The van der Waals surface area contributed by atoms with Crippen LogP contribution in [0, 0.1) is 0 Å². The van der Waals surface area contributed by atoms with Crippen LogP contribution in [0.3, 0.4) is 0 Å². The van der Waals surface area contributed by atoms with Gasteiger partial charge in [0.25, 0.3) is 0 Å². The van der Waals surface area contributed by atoms with Crippen molar-refractivity contribution in [2.45, 2.75) is 13.0 Å². The number of rotatable bonds is 3. The molecule has 1 aliphatic heterocycles. The average molecular weight is 312 g/mol. The topological polar surface area (TPSA) is 70.7 Å². The van der Waals surface area contributed by atoms with Crippen molar-refractivity contribution in [3.8, 4) is 0 Å².